The number of halogens is 1. The summed E-state index contributed by atoms with van der Waals surface area (Å²) in [5.41, 5.74) is 2.23. The Morgan fingerprint density at radius 2 is 1.96 bits per heavy atom. The first-order valence-corrected chi connectivity index (χ1v) is 8.31. The molecule has 0 bridgehead atoms. The zero-order valence-electron chi connectivity index (χ0n) is 14.4. The molecule has 1 saturated heterocycles. The fraction of sp³-hybridized carbons (Fsp3) is 0.444. The number of benzene rings is 1. The number of likely N-dealkylation sites (tertiary alicyclic amines) is 1. The third-order valence-electron chi connectivity index (χ3n) is 4.40. The first-order valence-electron chi connectivity index (χ1n) is 8.31. The van der Waals surface area contributed by atoms with Gasteiger partial charge in [0.05, 0.1) is 11.9 Å². The minimum absolute atomic E-state index is 0. The highest BCUT2D eigenvalue weighted by Crippen LogP contribution is 2.16. The molecule has 5 nitrogen and oxygen atoms in total. The quantitative estimate of drug-likeness (QED) is 0.454. The lowest BCUT2D eigenvalue weighted by Gasteiger charge is -2.32. The van der Waals surface area contributed by atoms with E-state index in [0.717, 1.165) is 42.8 Å². The van der Waals surface area contributed by atoms with Crippen LogP contribution in [0.1, 0.15) is 25.3 Å². The van der Waals surface area contributed by atoms with Gasteiger partial charge in [0.1, 0.15) is 0 Å². The molecular formula is C18H26IN5. The Kier molecular flexibility index (Phi) is 7.08. The fourth-order valence-electron chi connectivity index (χ4n) is 2.91. The van der Waals surface area contributed by atoms with Gasteiger partial charge in [-0.3, -0.25) is 4.99 Å². The van der Waals surface area contributed by atoms with Crippen molar-refractivity contribution < 1.29 is 0 Å². The molecule has 2 aromatic rings. The maximum Gasteiger partial charge on any atom is 0.193 e. The molecule has 0 atom stereocenters. The Morgan fingerprint density at radius 1 is 1.25 bits per heavy atom. The second-order valence-corrected chi connectivity index (χ2v) is 6.20. The highest BCUT2D eigenvalue weighted by molar-refractivity contribution is 14.0. The summed E-state index contributed by atoms with van der Waals surface area (Å²) >= 11 is 0. The maximum atomic E-state index is 4.44. The number of hydrogen-bond donors (Lipinski definition) is 1. The molecule has 3 rings (SSSR count). The highest BCUT2D eigenvalue weighted by Gasteiger charge is 2.18. The van der Waals surface area contributed by atoms with Crippen LogP contribution in [0, 0.1) is 5.92 Å². The number of rotatable bonds is 3. The number of hydrogen-bond acceptors (Lipinski definition) is 2. The zero-order chi connectivity index (χ0) is 16.1. The Labute approximate surface area is 161 Å². The van der Waals surface area contributed by atoms with Gasteiger partial charge in [-0.25, -0.2) is 4.68 Å². The monoisotopic (exact) mass is 439 g/mol. The molecule has 1 fully saturated rings. The standard InChI is InChI=1S/C18H25N5.HI/c1-15-8-10-22(11-9-15)18(19-2)20-12-16-13-21-23(14-16)17-6-4-3-5-7-17;/h3-7,13-15H,8-12H2,1-2H3,(H,19,20);1H. The van der Waals surface area contributed by atoms with Crippen LogP contribution in [0.25, 0.3) is 5.69 Å². The van der Waals surface area contributed by atoms with Gasteiger partial charge in [0, 0.05) is 38.4 Å². The van der Waals surface area contributed by atoms with Gasteiger partial charge in [-0.15, -0.1) is 24.0 Å². The Balaban J connectivity index is 0.00000208. The molecule has 130 valence electrons. The normalized spacial score (nSPS) is 15.9. The van der Waals surface area contributed by atoms with E-state index in [1.165, 1.54) is 12.8 Å². The van der Waals surface area contributed by atoms with Gasteiger partial charge >= 0.3 is 0 Å². The van der Waals surface area contributed by atoms with Crippen molar-refractivity contribution in [2.75, 3.05) is 20.1 Å². The molecule has 6 heteroatoms. The number of guanidine groups is 1. The number of aromatic nitrogens is 2. The fourth-order valence-corrected chi connectivity index (χ4v) is 2.91. The molecule has 1 aliphatic heterocycles. The third kappa shape index (κ3) is 4.72. The molecule has 0 radical (unpaired) electrons. The van der Waals surface area contributed by atoms with E-state index in [4.69, 9.17) is 0 Å². The van der Waals surface area contributed by atoms with Gasteiger partial charge in [-0.05, 0) is 30.9 Å². The van der Waals surface area contributed by atoms with Crippen LogP contribution in [-0.4, -0.2) is 40.8 Å². The van der Waals surface area contributed by atoms with Gasteiger partial charge in [0.2, 0.25) is 0 Å². The molecule has 2 heterocycles. The summed E-state index contributed by atoms with van der Waals surface area (Å²) < 4.78 is 1.91. The van der Waals surface area contributed by atoms with Crippen molar-refractivity contribution in [3.63, 3.8) is 0 Å². The van der Waals surface area contributed by atoms with Crippen molar-refractivity contribution in [3.05, 3.63) is 48.3 Å². The summed E-state index contributed by atoms with van der Waals surface area (Å²) in [5, 5.41) is 7.89. The molecule has 0 unspecified atom stereocenters. The SMILES string of the molecule is CN=C(NCc1cnn(-c2ccccc2)c1)N1CCC(C)CC1.I. The smallest absolute Gasteiger partial charge is 0.193 e. The van der Waals surface area contributed by atoms with Gasteiger partial charge in [-0.1, -0.05) is 25.1 Å². The zero-order valence-corrected chi connectivity index (χ0v) is 16.7. The van der Waals surface area contributed by atoms with E-state index in [1.54, 1.807) is 0 Å². The summed E-state index contributed by atoms with van der Waals surface area (Å²) in [6.45, 7) is 5.24. The van der Waals surface area contributed by atoms with Crippen molar-refractivity contribution in [1.82, 2.24) is 20.0 Å². The summed E-state index contributed by atoms with van der Waals surface area (Å²) in [5.74, 6) is 1.82. The molecule has 1 aliphatic rings. The number of piperidine rings is 1. The lowest BCUT2D eigenvalue weighted by molar-refractivity contribution is 0.273. The summed E-state index contributed by atoms with van der Waals surface area (Å²) in [6, 6.07) is 10.2. The van der Waals surface area contributed by atoms with E-state index >= 15 is 0 Å². The second-order valence-electron chi connectivity index (χ2n) is 6.20. The van der Waals surface area contributed by atoms with Crippen LogP contribution in [-0.2, 0) is 6.54 Å². The van der Waals surface area contributed by atoms with Crippen molar-refractivity contribution in [3.8, 4) is 5.69 Å². The summed E-state index contributed by atoms with van der Waals surface area (Å²) in [7, 11) is 1.85. The van der Waals surface area contributed by atoms with E-state index in [2.05, 4.69) is 45.6 Å². The van der Waals surface area contributed by atoms with Crippen LogP contribution in [0.2, 0.25) is 0 Å². The first kappa shape index (κ1) is 18.8. The predicted octanol–water partition coefficient (Wildman–Crippen LogP) is 3.30. The van der Waals surface area contributed by atoms with E-state index in [0.29, 0.717) is 0 Å². The van der Waals surface area contributed by atoms with Crippen LogP contribution in [0.4, 0.5) is 0 Å². The van der Waals surface area contributed by atoms with E-state index < -0.39 is 0 Å². The largest absolute Gasteiger partial charge is 0.352 e. The predicted molar refractivity (Wildman–Crippen MR) is 109 cm³/mol. The van der Waals surface area contributed by atoms with Crippen LogP contribution in [0.3, 0.4) is 0 Å². The van der Waals surface area contributed by atoms with Crippen molar-refractivity contribution in [2.24, 2.45) is 10.9 Å². The van der Waals surface area contributed by atoms with Gasteiger partial charge in [0.15, 0.2) is 5.96 Å². The molecule has 0 saturated carbocycles. The van der Waals surface area contributed by atoms with Crippen molar-refractivity contribution in [2.45, 2.75) is 26.3 Å². The maximum absolute atomic E-state index is 4.44. The Morgan fingerprint density at radius 3 is 2.62 bits per heavy atom. The number of nitrogens with zero attached hydrogens (tertiary/aromatic N) is 4. The minimum atomic E-state index is 0. The van der Waals surface area contributed by atoms with Gasteiger partial charge < -0.3 is 10.2 Å². The van der Waals surface area contributed by atoms with E-state index in [9.17, 15) is 0 Å². The molecule has 0 amide bonds. The number of para-hydroxylation sites is 1. The number of nitrogens with one attached hydrogen (secondary N) is 1. The molecule has 1 aromatic carbocycles. The first-order chi connectivity index (χ1) is 11.3. The number of aliphatic imine (C=N–C) groups is 1. The molecule has 1 N–H and O–H groups in total. The van der Waals surface area contributed by atoms with Crippen molar-refractivity contribution >= 4 is 29.9 Å². The van der Waals surface area contributed by atoms with Gasteiger partial charge in [-0.2, -0.15) is 5.10 Å². The van der Waals surface area contributed by atoms with Gasteiger partial charge in [0.25, 0.3) is 0 Å². The lowest BCUT2D eigenvalue weighted by Crippen LogP contribution is -2.45. The third-order valence-corrected chi connectivity index (χ3v) is 4.40. The van der Waals surface area contributed by atoms with Crippen molar-refractivity contribution in [1.29, 1.82) is 0 Å². The molecular weight excluding hydrogens is 413 g/mol. The highest BCUT2D eigenvalue weighted by atomic mass is 127. The van der Waals surface area contributed by atoms with Crippen LogP contribution in [0.5, 0.6) is 0 Å². The van der Waals surface area contributed by atoms with Crippen LogP contribution in [0.15, 0.2) is 47.7 Å². The average Bonchev–Trinajstić information content (AvgIpc) is 3.07. The molecule has 1 aromatic heterocycles. The summed E-state index contributed by atoms with van der Waals surface area (Å²) in [6.07, 6.45) is 6.46. The average molecular weight is 439 g/mol. The second kappa shape index (κ2) is 9.05. The van der Waals surface area contributed by atoms with E-state index in [1.807, 2.05) is 36.1 Å². The summed E-state index contributed by atoms with van der Waals surface area (Å²) in [4.78, 5) is 6.77. The Bertz CT molecular complexity index is 644. The Hall–Kier alpha value is -1.57. The molecule has 24 heavy (non-hydrogen) atoms. The minimum Gasteiger partial charge on any atom is -0.352 e. The molecule has 0 aliphatic carbocycles. The van der Waals surface area contributed by atoms with Crippen LogP contribution < -0.4 is 5.32 Å². The lowest BCUT2D eigenvalue weighted by atomic mass is 10.00. The topological polar surface area (TPSA) is 45.5 Å². The van der Waals surface area contributed by atoms with E-state index in [-0.39, 0.29) is 24.0 Å². The van der Waals surface area contributed by atoms with Crippen LogP contribution >= 0.6 is 24.0 Å². The molecule has 0 spiro atoms.